The van der Waals surface area contributed by atoms with E-state index >= 15 is 0 Å². The Balaban J connectivity index is 2.53. The SMILES string of the molecule is COCC(O)CN(C)c1ccc(N)nn1. The number of ether oxygens (including phenoxy) is 1. The highest BCUT2D eigenvalue weighted by molar-refractivity contribution is 5.40. The lowest BCUT2D eigenvalue weighted by Crippen LogP contribution is -2.32. The zero-order valence-corrected chi connectivity index (χ0v) is 8.92. The molecular formula is C9H16N4O2. The van der Waals surface area contributed by atoms with Crippen LogP contribution in [0.15, 0.2) is 12.1 Å². The maximum atomic E-state index is 9.50. The van der Waals surface area contributed by atoms with E-state index in [-0.39, 0.29) is 0 Å². The molecule has 6 heteroatoms. The second kappa shape index (κ2) is 5.47. The molecule has 6 nitrogen and oxygen atoms in total. The van der Waals surface area contributed by atoms with E-state index in [4.69, 9.17) is 10.5 Å². The molecule has 1 heterocycles. The van der Waals surface area contributed by atoms with Crippen molar-refractivity contribution in [3.8, 4) is 0 Å². The summed E-state index contributed by atoms with van der Waals surface area (Å²) in [5, 5.41) is 17.1. The number of nitrogen functional groups attached to an aromatic ring is 1. The summed E-state index contributed by atoms with van der Waals surface area (Å²) in [7, 11) is 3.37. The summed E-state index contributed by atoms with van der Waals surface area (Å²) in [6, 6.07) is 3.42. The molecule has 0 fully saturated rings. The van der Waals surface area contributed by atoms with Gasteiger partial charge in [-0.25, -0.2) is 0 Å². The Morgan fingerprint density at radius 1 is 1.53 bits per heavy atom. The summed E-state index contributed by atoms with van der Waals surface area (Å²) in [5.41, 5.74) is 5.41. The topological polar surface area (TPSA) is 84.5 Å². The predicted molar refractivity (Wildman–Crippen MR) is 57.6 cm³/mol. The van der Waals surface area contributed by atoms with Crippen LogP contribution in [0.25, 0.3) is 0 Å². The number of aromatic nitrogens is 2. The zero-order valence-electron chi connectivity index (χ0n) is 8.92. The summed E-state index contributed by atoms with van der Waals surface area (Å²) in [5.74, 6) is 1.05. The minimum Gasteiger partial charge on any atom is -0.389 e. The molecule has 0 bridgehead atoms. The second-order valence-corrected chi connectivity index (χ2v) is 3.31. The van der Waals surface area contributed by atoms with Crippen molar-refractivity contribution in [2.75, 3.05) is 37.9 Å². The van der Waals surface area contributed by atoms with Crippen molar-refractivity contribution in [2.24, 2.45) is 0 Å². The number of hydrogen-bond donors (Lipinski definition) is 2. The molecule has 3 N–H and O–H groups in total. The molecule has 0 aliphatic heterocycles. The first-order valence-electron chi connectivity index (χ1n) is 4.61. The molecule has 15 heavy (non-hydrogen) atoms. The molecule has 0 aliphatic rings. The molecule has 1 unspecified atom stereocenters. The first kappa shape index (κ1) is 11.7. The summed E-state index contributed by atoms with van der Waals surface area (Å²) >= 11 is 0. The van der Waals surface area contributed by atoms with E-state index < -0.39 is 6.10 Å². The first-order valence-corrected chi connectivity index (χ1v) is 4.61. The van der Waals surface area contributed by atoms with E-state index in [1.165, 1.54) is 0 Å². The summed E-state index contributed by atoms with van der Waals surface area (Å²) < 4.78 is 4.83. The predicted octanol–water partition coefficient (Wildman–Crippen LogP) is -0.498. The van der Waals surface area contributed by atoms with Gasteiger partial charge in [0.1, 0.15) is 5.82 Å². The number of hydrogen-bond acceptors (Lipinski definition) is 6. The van der Waals surface area contributed by atoms with Crippen molar-refractivity contribution in [3.05, 3.63) is 12.1 Å². The molecule has 1 aromatic rings. The van der Waals surface area contributed by atoms with E-state index in [0.29, 0.717) is 24.8 Å². The van der Waals surface area contributed by atoms with Crippen molar-refractivity contribution in [2.45, 2.75) is 6.10 Å². The lowest BCUT2D eigenvalue weighted by atomic mass is 10.3. The van der Waals surface area contributed by atoms with E-state index in [0.717, 1.165) is 0 Å². The molecule has 0 saturated carbocycles. The van der Waals surface area contributed by atoms with Gasteiger partial charge in [-0.2, -0.15) is 0 Å². The summed E-state index contributed by atoms with van der Waals surface area (Å²) in [4.78, 5) is 1.79. The Kier molecular flexibility index (Phi) is 4.26. The van der Waals surface area contributed by atoms with Crippen molar-refractivity contribution in [3.63, 3.8) is 0 Å². The number of anilines is 2. The van der Waals surface area contributed by atoms with Gasteiger partial charge in [0.15, 0.2) is 5.82 Å². The average molecular weight is 212 g/mol. The minimum absolute atomic E-state index is 0.298. The van der Waals surface area contributed by atoms with Crippen LogP contribution in [0.4, 0.5) is 11.6 Å². The van der Waals surface area contributed by atoms with E-state index in [1.54, 1.807) is 24.1 Å². The molecule has 1 aromatic heterocycles. The quantitative estimate of drug-likeness (QED) is 0.684. The highest BCUT2D eigenvalue weighted by Crippen LogP contribution is 2.08. The van der Waals surface area contributed by atoms with Crippen molar-refractivity contribution >= 4 is 11.6 Å². The first-order chi connectivity index (χ1) is 7.13. The third kappa shape index (κ3) is 3.69. The number of methoxy groups -OCH3 is 1. The monoisotopic (exact) mass is 212 g/mol. The number of rotatable bonds is 5. The Labute approximate surface area is 88.7 Å². The summed E-state index contributed by atoms with van der Waals surface area (Å²) in [6.07, 6.45) is -0.542. The number of aliphatic hydroxyl groups excluding tert-OH is 1. The van der Waals surface area contributed by atoms with Crippen molar-refractivity contribution in [1.29, 1.82) is 0 Å². The number of aliphatic hydroxyl groups is 1. The molecule has 0 aromatic carbocycles. The smallest absolute Gasteiger partial charge is 0.151 e. The van der Waals surface area contributed by atoms with E-state index in [2.05, 4.69) is 10.2 Å². The normalized spacial score (nSPS) is 12.5. The average Bonchev–Trinajstić information content (AvgIpc) is 2.18. The van der Waals surface area contributed by atoms with Crippen molar-refractivity contribution < 1.29 is 9.84 Å². The van der Waals surface area contributed by atoms with Crippen LogP contribution in [-0.4, -0.2) is 48.7 Å². The van der Waals surface area contributed by atoms with Crippen LogP contribution in [0.2, 0.25) is 0 Å². The van der Waals surface area contributed by atoms with E-state index in [1.807, 2.05) is 7.05 Å². The van der Waals surface area contributed by atoms with Crippen LogP contribution in [0.1, 0.15) is 0 Å². The fourth-order valence-electron chi connectivity index (χ4n) is 1.19. The van der Waals surface area contributed by atoms with Gasteiger partial charge in [-0.3, -0.25) is 0 Å². The Morgan fingerprint density at radius 2 is 2.27 bits per heavy atom. The zero-order chi connectivity index (χ0) is 11.3. The van der Waals surface area contributed by atoms with Gasteiger partial charge in [0.05, 0.1) is 12.7 Å². The number of nitrogens with two attached hydrogens (primary N) is 1. The molecular weight excluding hydrogens is 196 g/mol. The number of nitrogens with zero attached hydrogens (tertiary/aromatic N) is 3. The minimum atomic E-state index is -0.542. The Morgan fingerprint density at radius 3 is 2.80 bits per heavy atom. The van der Waals surface area contributed by atoms with E-state index in [9.17, 15) is 5.11 Å². The lowest BCUT2D eigenvalue weighted by molar-refractivity contribution is 0.0694. The van der Waals surface area contributed by atoms with Gasteiger partial charge in [0.2, 0.25) is 0 Å². The maximum absolute atomic E-state index is 9.50. The van der Waals surface area contributed by atoms with Gasteiger partial charge >= 0.3 is 0 Å². The molecule has 0 spiro atoms. The van der Waals surface area contributed by atoms with Crippen LogP contribution >= 0.6 is 0 Å². The van der Waals surface area contributed by atoms with Crippen LogP contribution in [0.5, 0.6) is 0 Å². The number of likely N-dealkylation sites (N-methyl/N-ethyl adjacent to an activating group) is 1. The fraction of sp³-hybridized carbons (Fsp3) is 0.556. The largest absolute Gasteiger partial charge is 0.389 e. The van der Waals surface area contributed by atoms with Gasteiger partial charge in [-0.1, -0.05) is 0 Å². The standard InChI is InChI=1S/C9H16N4O2/c1-13(5-7(14)6-15-2)9-4-3-8(10)11-12-9/h3-4,7,14H,5-6H2,1-2H3,(H2,10,11). The van der Waals surface area contributed by atoms with Gasteiger partial charge in [0, 0.05) is 20.7 Å². The van der Waals surface area contributed by atoms with Gasteiger partial charge in [-0.15, -0.1) is 10.2 Å². The Bertz CT molecular complexity index is 291. The highest BCUT2D eigenvalue weighted by Gasteiger charge is 2.09. The van der Waals surface area contributed by atoms with Crippen LogP contribution in [0.3, 0.4) is 0 Å². The van der Waals surface area contributed by atoms with Crippen LogP contribution in [-0.2, 0) is 4.74 Å². The third-order valence-corrected chi connectivity index (χ3v) is 1.91. The van der Waals surface area contributed by atoms with Crippen molar-refractivity contribution in [1.82, 2.24) is 10.2 Å². The van der Waals surface area contributed by atoms with Gasteiger partial charge in [-0.05, 0) is 12.1 Å². The Hall–Kier alpha value is -1.40. The highest BCUT2D eigenvalue weighted by atomic mass is 16.5. The fourth-order valence-corrected chi connectivity index (χ4v) is 1.19. The molecule has 0 amide bonds. The molecule has 0 aliphatic carbocycles. The molecule has 0 radical (unpaired) electrons. The molecule has 1 rings (SSSR count). The third-order valence-electron chi connectivity index (χ3n) is 1.91. The lowest BCUT2D eigenvalue weighted by Gasteiger charge is -2.20. The molecule has 0 saturated heterocycles. The van der Waals surface area contributed by atoms with Crippen LogP contribution < -0.4 is 10.6 Å². The van der Waals surface area contributed by atoms with Gasteiger partial charge < -0.3 is 20.5 Å². The maximum Gasteiger partial charge on any atom is 0.151 e. The second-order valence-electron chi connectivity index (χ2n) is 3.31. The molecule has 84 valence electrons. The van der Waals surface area contributed by atoms with Crippen LogP contribution in [0, 0.1) is 0 Å². The summed E-state index contributed by atoms with van der Waals surface area (Å²) in [6.45, 7) is 0.735. The molecule has 1 atom stereocenters. The van der Waals surface area contributed by atoms with Gasteiger partial charge in [0.25, 0.3) is 0 Å².